The Morgan fingerprint density at radius 1 is 1.42 bits per heavy atom. The van der Waals surface area contributed by atoms with Crippen molar-refractivity contribution in [2.75, 3.05) is 11.9 Å². The van der Waals surface area contributed by atoms with Crippen LogP contribution >= 0.6 is 0 Å². The van der Waals surface area contributed by atoms with E-state index in [1.807, 2.05) is 18.2 Å². The van der Waals surface area contributed by atoms with Crippen LogP contribution in [0.15, 0.2) is 18.2 Å². The van der Waals surface area contributed by atoms with Gasteiger partial charge in [0.05, 0.1) is 5.69 Å². The standard InChI is InChI=1S/C15H20N2O2/c1-15(2)14(18)17(3)11-8-10(6-7-12(11)19-15)13(16)9-4-5-9/h6-9,13H,4-5,16H2,1-3H3. The Hall–Kier alpha value is -1.55. The molecule has 1 amide bonds. The third-order valence-electron chi connectivity index (χ3n) is 4.04. The summed E-state index contributed by atoms with van der Waals surface area (Å²) in [4.78, 5) is 13.9. The molecule has 1 aliphatic heterocycles. The summed E-state index contributed by atoms with van der Waals surface area (Å²) >= 11 is 0. The van der Waals surface area contributed by atoms with Crippen LogP contribution in [0.25, 0.3) is 0 Å². The summed E-state index contributed by atoms with van der Waals surface area (Å²) in [7, 11) is 1.79. The predicted molar refractivity (Wildman–Crippen MR) is 74.2 cm³/mol. The fourth-order valence-corrected chi connectivity index (χ4v) is 2.65. The summed E-state index contributed by atoms with van der Waals surface area (Å²) in [6.45, 7) is 3.58. The molecule has 0 spiro atoms. The van der Waals surface area contributed by atoms with Crippen LogP contribution in [-0.2, 0) is 4.79 Å². The van der Waals surface area contributed by atoms with E-state index in [1.54, 1.807) is 25.8 Å². The first-order valence-electron chi connectivity index (χ1n) is 6.77. The second kappa shape index (κ2) is 3.97. The minimum atomic E-state index is -0.804. The number of ether oxygens (including phenoxy) is 1. The molecule has 0 aromatic heterocycles. The number of hydrogen-bond acceptors (Lipinski definition) is 3. The van der Waals surface area contributed by atoms with Crippen LogP contribution in [0.2, 0.25) is 0 Å². The van der Waals surface area contributed by atoms with Gasteiger partial charge >= 0.3 is 0 Å². The maximum Gasteiger partial charge on any atom is 0.270 e. The molecule has 3 rings (SSSR count). The van der Waals surface area contributed by atoms with Crippen molar-refractivity contribution in [3.05, 3.63) is 23.8 Å². The Bertz CT molecular complexity index is 535. The van der Waals surface area contributed by atoms with E-state index in [2.05, 4.69) is 0 Å². The highest BCUT2D eigenvalue weighted by Gasteiger charge is 2.39. The summed E-state index contributed by atoms with van der Waals surface area (Å²) in [6.07, 6.45) is 2.41. The van der Waals surface area contributed by atoms with Gasteiger partial charge in [-0.2, -0.15) is 0 Å². The normalized spacial score (nSPS) is 22.7. The zero-order chi connectivity index (χ0) is 13.8. The van der Waals surface area contributed by atoms with Crippen LogP contribution in [0.3, 0.4) is 0 Å². The van der Waals surface area contributed by atoms with Crippen molar-refractivity contribution in [3.8, 4) is 5.75 Å². The van der Waals surface area contributed by atoms with E-state index in [9.17, 15) is 4.79 Å². The third-order valence-corrected chi connectivity index (χ3v) is 4.04. The lowest BCUT2D eigenvalue weighted by atomic mass is 9.99. The fourth-order valence-electron chi connectivity index (χ4n) is 2.65. The number of likely N-dealkylation sites (N-methyl/N-ethyl adjacent to an activating group) is 1. The quantitative estimate of drug-likeness (QED) is 0.887. The van der Waals surface area contributed by atoms with Crippen LogP contribution < -0.4 is 15.4 Å². The number of carbonyl (C=O) groups excluding carboxylic acids is 1. The zero-order valence-corrected chi connectivity index (χ0v) is 11.6. The van der Waals surface area contributed by atoms with Gasteiger partial charge in [0, 0.05) is 13.1 Å². The molecule has 0 saturated heterocycles. The molecule has 1 heterocycles. The SMILES string of the molecule is CN1C(=O)C(C)(C)Oc2ccc(C(N)C3CC3)cc21. The van der Waals surface area contributed by atoms with Gasteiger partial charge in [-0.15, -0.1) is 0 Å². The van der Waals surface area contributed by atoms with Crippen molar-refractivity contribution in [3.63, 3.8) is 0 Å². The minimum Gasteiger partial charge on any atom is -0.476 e. The van der Waals surface area contributed by atoms with Gasteiger partial charge < -0.3 is 15.4 Å². The number of nitrogens with zero attached hydrogens (tertiary/aromatic N) is 1. The number of benzene rings is 1. The zero-order valence-electron chi connectivity index (χ0n) is 11.6. The van der Waals surface area contributed by atoms with Crippen molar-refractivity contribution in [1.29, 1.82) is 0 Å². The molecule has 2 N–H and O–H groups in total. The van der Waals surface area contributed by atoms with E-state index in [4.69, 9.17) is 10.5 Å². The van der Waals surface area contributed by atoms with E-state index in [0.717, 1.165) is 17.0 Å². The van der Waals surface area contributed by atoms with Crippen LogP contribution in [0.5, 0.6) is 5.75 Å². The molecule has 1 atom stereocenters. The van der Waals surface area contributed by atoms with Gasteiger partial charge in [0.15, 0.2) is 5.60 Å². The second-order valence-corrected chi connectivity index (χ2v) is 6.07. The average Bonchev–Trinajstić information content (AvgIpc) is 3.19. The van der Waals surface area contributed by atoms with Gasteiger partial charge in [-0.3, -0.25) is 4.79 Å². The van der Waals surface area contributed by atoms with E-state index in [-0.39, 0.29) is 11.9 Å². The topological polar surface area (TPSA) is 55.6 Å². The van der Waals surface area contributed by atoms with Crippen molar-refractivity contribution >= 4 is 11.6 Å². The second-order valence-electron chi connectivity index (χ2n) is 6.07. The molecular weight excluding hydrogens is 240 g/mol. The molecular formula is C15H20N2O2. The number of amides is 1. The summed E-state index contributed by atoms with van der Waals surface area (Å²) < 4.78 is 5.78. The lowest BCUT2D eigenvalue weighted by Crippen LogP contribution is -2.50. The first kappa shape index (κ1) is 12.5. The maximum absolute atomic E-state index is 12.2. The van der Waals surface area contributed by atoms with E-state index >= 15 is 0 Å². The Labute approximate surface area is 113 Å². The van der Waals surface area contributed by atoms with Crippen LogP contribution in [0, 0.1) is 5.92 Å². The number of hydrogen-bond donors (Lipinski definition) is 1. The van der Waals surface area contributed by atoms with Gasteiger partial charge in [0.1, 0.15) is 5.75 Å². The maximum atomic E-state index is 12.2. The summed E-state index contributed by atoms with van der Waals surface area (Å²) in [5.74, 6) is 1.32. The first-order valence-corrected chi connectivity index (χ1v) is 6.77. The van der Waals surface area contributed by atoms with Crippen molar-refractivity contribution in [1.82, 2.24) is 0 Å². The molecule has 1 fully saturated rings. The first-order chi connectivity index (χ1) is 8.90. The van der Waals surface area contributed by atoms with Gasteiger partial charge in [-0.1, -0.05) is 6.07 Å². The molecule has 1 aromatic carbocycles. The highest BCUT2D eigenvalue weighted by Crippen LogP contribution is 2.43. The molecule has 0 bridgehead atoms. The number of carbonyl (C=O) groups is 1. The molecule has 4 heteroatoms. The van der Waals surface area contributed by atoms with E-state index in [0.29, 0.717) is 5.92 Å². The number of fused-ring (bicyclic) bond motifs is 1. The largest absolute Gasteiger partial charge is 0.476 e. The highest BCUT2D eigenvalue weighted by atomic mass is 16.5. The van der Waals surface area contributed by atoms with Crippen LogP contribution in [0.1, 0.15) is 38.3 Å². The van der Waals surface area contributed by atoms with Crippen molar-refractivity contribution in [2.45, 2.75) is 38.3 Å². The molecule has 1 unspecified atom stereocenters. The van der Waals surface area contributed by atoms with Gasteiger partial charge in [-0.25, -0.2) is 0 Å². The van der Waals surface area contributed by atoms with Gasteiger partial charge in [0.2, 0.25) is 0 Å². The number of nitrogens with two attached hydrogens (primary N) is 1. The summed E-state index contributed by atoms with van der Waals surface area (Å²) in [5, 5.41) is 0. The van der Waals surface area contributed by atoms with Crippen LogP contribution in [-0.4, -0.2) is 18.6 Å². The molecule has 1 saturated carbocycles. The smallest absolute Gasteiger partial charge is 0.270 e. The Morgan fingerprint density at radius 3 is 2.74 bits per heavy atom. The van der Waals surface area contributed by atoms with E-state index < -0.39 is 5.60 Å². The lowest BCUT2D eigenvalue weighted by Gasteiger charge is -2.37. The summed E-state index contributed by atoms with van der Waals surface area (Å²) in [6, 6.07) is 6.01. The number of rotatable bonds is 2. The molecule has 19 heavy (non-hydrogen) atoms. The van der Waals surface area contributed by atoms with E-state index in [1.165, 1.54) is 12.8 Å². The molecule has 1 aliphatic carbocycles. The van der Waals surface area contributed by atoms with Crippen LogP contribution in [0.4, 0.5) is 5.69 Å². The molecule has 1 aromatic rings. The average molecular weight is 260 g/mol. The van der Waals surface area contributed by atoms with Gasteiger partial charge in [-0.05, 0) is 50.3 Å². The number of anilines is 1. The molecule has 2 aliphatic rings. The van der Waals surface area contributed by atoms with Gasteiger partial charge in [0.25, 0.3) is 5.91 Å². The molecule has 4 nitrogen and oxygen atoms in total. The molecule has 0 radical (unpaired) electrons. The fraction of sp³-hybridized carbons (Fsp3) is 0.533. The summed E-state index contributed by atoms with van der Waals surface area (Å²) in [5.41, 5.74) is 7.32. The van der Waals surface area contributed by atoms with Crippen molar-refractivity contribution < 1.29 is 9.53 Å². The lowest BCUT2D eigenvalue weighted by molar-refractivity contribution is -0.132. The van der Waals surface area contributed by atoms with Crippen molar-refractivity contribution in [2.24, 2.45) is 11.7 Å². The Morgan fingerprint density at radius 2 is 2.11 bits per heavy atom. The third kappa shape index (κ3) is 2.00. The Kier molecular flexibility index (Phi) is 2.61. The minimum absolute atomic E-state index is 0.0304. The highest BCUT2D eigenvalue weighted by molar-refractivity contribution is 6.01. The Balaban J connectivity index is 1.99. The predicted octanol–water partition coefficient (Wildman–Crippen LogP) is 2.23. The monoisotopic (exact) mass is 260 g/mol. The molecule has 102 valence electrons.